The summed E-state index contributed by atoms with van der Waals surface area (Å²) in [6, 6.07) is 11.4. The quantitative estimate of drug-likeness (QED) is 0.606. The van der Waals surface area contributed by atoms with Gasteiger partial charge in [-0.25, -0.2) is 0 Å². The molecule has 2 aliphatic heterocycles. The monoisotopic (exact) mass is 531 g/mol. The Morgan fingerprint density at radius 1 is 1.08 bits per heavy atom. The second-order valence-corrected chi connectivity index (χ2v) is 10.3. The van der Waals surface area contributed by atoms with E-state index >= 15 is 0 Å². The summed E-state index contributed by atoms with van der Waals surface area (Å²) in [4.78, 5) is 43.5. The number of amides is 3. The molecule has 0 bridgehead atoms. The summed E-state index contributed by atoms with van der Waals surface area (Å²) in [5.41, 5.74) is 0.854. The first-order valence-electron chi connectivity index (χ1n) is 12.2. The van der Waals surface area contributed by atoms with Gasteiger partial charge in [-0.1, -0.05) is 48.3 Å². The van der Waals surface area contributed by atoms with Crippen LogP contribution in [-0.2, 0) is 9.53 Å². The molecule has 9 heteroatoms. The van der Waals surface area contributed by atoms with E-state index in [2.05, 4.69) is 5.32 Å². The third-order valence-corrected chi connectivity index (χ3v) is 7.90. The van der Waals surface area contributed by atoms with Gasteiger partial charge in [0.15, 0.2) is 0 Å². The van der Waals surface area contributed by atoms with Gasteiger partial charge in [-0.15, -0.1) is 0 Å². The van der Waals surface area contributed by atoms with Crippen LogP contribution in [0.2, 0.25) is 10.0 Å². The molecule has 0 aliphatic carbocycles. The van der Waals surface area contributed by atoms with E-state index in [1.165, 1.54) is 0 Å². The van der Waals surface area contributed by atoms with Crippen molar-refractivity contribution in [1.29, 1.82) is 0 Å². The van der Waals surface area contributed by atoms with Gasteiger partial charge < -0.3 is 15.0 Å². The smallest absolute Gasteiger partial charge is 0.257 e. The van der Waals surface area contributed by atoms with Crippen LogP contribution in [0.5, 0.6) is 0 Å². The van der Waals surface area contributed by atoms with E-state index < -0.39 is 11.8 Å². The van der Waals surface area contributed by atoms with Gasteiger partial charge in [0.1, 0.15) is 11.8 Å². The van der Waals surface area contributed by atoms with Crippen LogP contribution in [0.15, 0.2) is 42.5 Å². The number of piperidine rings is 1. The Bertz CT molecular complexity index is 1160. The predicted octanol–water partition coefficient (Wildman–Crippen LogP) is 4.69. The van der Waals surface area contributed by atoms with E-state index in [1.54, 1.807) is 34.1 Å². The van der Waals surface area contributed by atoms with E-state index in [4.69, 9.17) is 27.9 Å². The van der Waals surface area contributed by atoms with Crippen molar-refractivity contribution in [1.82, 2.24) is 15.1 Å². The Kier molecular flexibility index (Phi) is 7.93. The van der Waals surface area contributed by atoms with Gasteiger partial charge in [0.25, 0.3) is 11.8 Å². The van der Waals surface area contributed by atoms with Gasteiger partial charge in [-0.2, -0.15) is 0 Å². The topological polar surface area (TPSA) is 79.0 Å². The third kappa shape index (κ3) is 5.10. The minimum Gasteiger partial charge on any atom is -0.353 e. The first-order valence-corrected chi connectivity index (χ1v) is 13.0. The summed E-state index contributed by atoms with van der Waals surface area (Å²) >= 11 is 12.1. The minimum atomic E-state index is -0.967. The maximum Gasteiger partial charge on any atom is 0.257 e. The normalized spacial score (nSPS) is 19.9. The fourth-order valence-electron chi connectivity index (χ4n) is 4.82. The van der Waals surface area contributed by atoms with Crippen LogP contribution in [0, 0.1) is 6.92 Å². The molecule has 7 nitrogen and oxygen atoms in total. The van der Waals surface area contributed by atoms with Crippen LogP contribution in [0.25, 0.3) is 0 Å². The van der Waals surface area contributed by atoms with Crippen molar-refractivity contribution < 1.29 is 19.1 Å². The molecule has 2 atom stereocenters. The predicted molar refractivity (Wildman–Crippen MR) is 139 cm³/mol. The van der Waals surface area contributed by atoms with Gasteiger partial charge >= 0.3 is 0 Å². The van der Waals surface area contributed by atoms with Crippen molar-refractivity contribution in [2.45, 2.75) is 57.8 Å². The van der Waals surface area contributed by atoms with E-state index in [0.717, 1.165) is 12.0 Å². The standard InChI is InChI=1S/C27H31Cl2N3O4/c1-4-18(3)30-24(33)23-16-36-27(32(23)26(35)20-8-6-5-7-17(20)2)11-13-31(14-12-27)25(34)19-9-10-21(28)22(29)15-19/h5-10,15,18,23H,4,11-14,16H2,1-3H3,(H,30,33)/t18-,23-/m1/s1. The number of nitrogens with one attached hydrogen (secondary N) is 1. The van der Waals surface area contributed by atoms with Crippen LogP contribution < -0.4 is 5.32 Å². The summed E-state index contributed by atoms with van der Waals surface area (Å²) in [5, 5.41) is 3.71. The number of ether oxygens (including phenoxy) is 1. The SMILES string of the molecule is CC[C@@H](C)NC(=O)[C@H]1COC2(CCN(C(=O)c3ccc(Cl)c(Cl)c3)CC2)N1C(=O)c1ccccc1C. The second kappa shape index (κ2) is 10.8. The maximum absolute atomic E-state index is 13.9. The Hall–Kier alpha value is -2.61. The molecule has 2 aromatic carbocycles. The average Bonchev–Trinajstić information content (AvgIpc) is 3.24. The van der Waals surface area contributed by atoms with Crippen molar-refractivity contribution in [3.05, 3.63) is 69.2 Å². The van der Waals surface area contributed by atoms with Crippen molar-refractivity contribution in [3.8, 4) is 0 Å². The molecule has 36 heavy (non-hydrogen) atoms. The van der Waals surface area contributed by atoms with Gasteiger partial charge in [0, 0.05) is 43.1 Å². The molecule has 3 amide bonds. The highest BCUT2D eigenvalue weighted by Gasteiger charge is 2.54. The number of hydrogen-bond acceptors (Lipinski definition) is 4. The lowest BCUT2D eigenvalue weighted by Crippen LogP contribution is -2.60. The number of aryl methyl sites for hydroxylation is 1. The number of likely N-dealkylation sites (tertiary alicyclic amines) is 1. The van der Waals surface area contributed by atoms with Crippen LogP contribution >= 0.6 is 23.2 Å². The zero-order valence-corrected chi connectivity index (χ0v) is 22.2. The summed E-state index contributed by atoms with van der Waals surface area (Å²) < 4.78 is 6.26. The van der Waals surface area contributed by atoms with E-state index in [-0.39, 0.29) is 30.4 Å². The van der Waals surface area contributed by atoms with Gasteiger partial charge in [-0.3, -0.25) is 19.3 Å². The van der Waals surface area contributed by atoms with E-state index in [9.17, 15) is 14.4 Å². The van der Waals surface area contributed by atoms with Crippen LogP contribution in [0.3, 0.4) is 0 Å². The highest BCUT2D eigenvalue weighted by molar-refractivity contribution is 6.42. The summed E-state index contributed by atoms with van der Waals surface area (Å²) in [6.45, 7) is 6.66. The van der Waals surface area contributed by atoms with E-state index in [0.29, 0.717) is 47.1 Å². The van der Waals surface area contributed by atoms with Crippen molar-refractivity contribution in [2.75, 3.05) is 19.7 Å². The lowest BCUT2D eigenvalue weighted by molar-refractivity contribution is -0.128. The average molecular weight is 532 g/mol. The molecule has 2 fully saturated rings. The fraction of sp³-hybridized carbons (Fsp3) is 0.444. The largest absolute Gasteiger partial charge is 0.353 e. The first kappa shape index (κ1) is 26.5. The van der Waals surface area contributed by atoms with E-state index in [1.807, 2.05) is 39.0 Å². The lowest BCUT2D eigenvalue weighted by atomic mass is 9.95. The van der Waals surface area contributed by atoms with Crippen LogP contribution in [0.1, 0.15) is 59.4 Å². The van der Waals surface area contributed by atoms with Crippen molar-refractivity contribution in [3.63, 3.8) is 0 Å². The highest BCUT2D eigenvalue weighted by Crippen LogP contribution is 2.39. The zero-order valence-electron chi connectivity index (χ0n) is 20.7. The lowest BCUT2D eigenvalue weighted by Gasteiger charge is -2.44. The maximum atomic E-state index is 13.9. The Labute approximate surface area is 221 Å². The molecule has 0 unspecified atom stereocenters. The van der Waals surface area contributed by atoms with Gasteiger partial charge in [0.2, 0.25) is 5.91 Å². The molecular formula is C27H31Cl2N3O4. The molecule has 0 radical (unpaired) electrons. The van der Waals surface area contributed by atoms with Crippen molar-refractivity contribution >= 4 is 40.9 Å². The summed E-state index contributed by atoms with van der Waals surface area (Å²) in [6.07, 6.45) is 1.57. The van der Waals surface area contributed by atoms with Gasteiger partial charge in [-0.05, 0) is 50.1 Å². The Balaban J connectivity index is 1.59. The summed E-state index contributed by atoms with van der Waals surface area (Å²) in [5.74, 6) is -0.624. The molecule has 1 spiro atoms. The number of nitrogens with zero attached hydrogens (tertiary/aromatic N) is 2. The molecule has 2 aliphatic rings. The third-order valence-electron chi connectivity index (χ3n) is 7.16. The number of benzene rings is 2. The molecular weight excluding hydrogens is 501 g/mol. The molecule has 4 rings (SSSR count). The number of carbonyl (C=O) groups is 3. The number of carbonyl (C=O) groups excluding carboxylic acids is 3. The molecule has 2 aromatic rings. The Morgan fingerprint density at radius 2 is 1.78 bits per heavy atom. The molecule has 2 saturated heterocycles. The molecule has 1 N–H and O–H groups in total. The number of rotatable bonds is 5. The summed E-state index contributed by atoms with van der Waals surface area (Å²) in [7, 11) is 0. The molecule has 2 heterocycles. The number of hydrogen-bond donors (Lipinski definition) is 1. The number of halogens is 2. The fourth-order valence-corrected chi connectivity index (χ4v) is 5.12. The first-order chi connectivity index (χ1) is 17.2. The van der Waals surface area contributed by atoms with Crippen LogP contribution in [-0.4, -0.2) is 65.0 Å². The molecule has 192 valence electrons. The molecule has 0 saturated carbocycles. The van der Waals surface area contributed by atoms with Crippen LogP contribution in [0.4, 0.5) is 0 Å². The molecule has 0 aromatic heterocycles. The Morgan fingerprint density at radius 3 is 2.42 bits per heavy atom. The van der Waals surface area contributed by atoms with Crippen molar-refractivity contribution in [2.24, 2.45) is 0 Å². The minimum absolute atomic E-state index is 0.0184. The van der Waals surface area contributed by atoms with Gasteiger partial charge in [0.05, 0.1) is 16.7 Å². The second-order valence-electron chi connectivity index (χ2n) is 9.50. The zero-order chi connectivity index (χ0) is 26.0. The highest BCUT2D eigenvalue weighted by atomic mass is 35.5.